The molecular weight excluding hydrogens is 256 g/mol. The molecule has 0 aliphatic carbocycles. The maximum Gasteiger partial charge on any atom is 0.423 e. The Morgan fingerprint density at radius 3 is 2.28 bits per heavy atom. The SMILES string of the molecule is CC(=O)c1cccc([C@@](O)(CO)C(F)(F)F)c1F. The summed E-state index contributed by atoms with van der Waals surface area (Å²) in [6, 6.07) is 2.67. The summed E-state index contributed by atoms with van der Waals surface area (Å²) in [5.41, 5.74) is -5.49. The van der Waals surface area contributed by atoms with Crippen LogP contribution in [0.3, 0.4) is 0 Å². The van der Waals surface area contributed by atoms with E-state index >= 15 is 0 Å². The molecule has 3 nitrogen and oxygen atoms in total. The summed E-state index contributed by atoms with van der Waals surface area (Å²) in [4.78, 5) is 11.0. The lowest BCUT2D eigenvalue weighted by molar-refractivity contribution is -0.278. The highest BCUT2D eigenvalue weighted by atomic mass is 19.4. The lowest BCUT2D eigenvalue weighted by Crippen LogP contribution is -2.46. The van der Waals surface area contributed by atoms with Gasteiger partial charge in [-0.05, 0) is 13.0 Å². The number of halogens is 4. The molecule has 0 aliphatic heterocycles. The molecule has 1 atom stereocenters. The van der Waals surface area contributed by atoms with E-state index in [1.165, 1.54) is 0 Å². The second-order valence-corrected chi connectivity index (χ2v) is 3.74. The van der Waals surface area contributed by atoms with Crippen molar-refractivity contribution in [3.63, 3.8) is 0 Å². The van der Waals surface area contributed by atoms with Crippen LogP contribution in [-0.2, 0) is 5.60 Å². The third-order valence-corrected chi connectivity index (χ3v) is 2.52. The Kier molecular flexibility index (Phi) is 3.78. The minimum absolute atomic E-state index is 0.580. The van der Waals surface area contributed by atoms with E-state index in [1.807, 2.05) is 0 Å². The Morgan fingerprint density at radius 1 is 1.33 bits per heavy atom. The van der Waals surface area contributed by atoms with Crippen LogP contribution in [0.5, 0.6) is 0 Å². The van der Waals surface area contributed by atoms with Gasteiger partial charge in [-0.1, -0.05) is 12.1 Å². The number of carbonyl (C=O) groups is 1. The minimum atomic E-state index is -5.27. The fourth-order valence-electron chi connectivity index (χ4n) is 1.45. The van der Waals surface area contributed by atoms with Crippen molar-refractivity contribution < 1.29 is 32.6 Å². The number of alkyl halides is 3. The standard InChI is InChI=1S/C11H10F4O3/c1-6(17)7-3-2-4-8(9(7)12)10(18,5-16)11(13,14)15/h2-4,16,18H,5H2,1H3/t10-/m0/s1. The van der Waals surface area contributed by atoms with Gasteiger partial charge in [-0.2, -0.15) is 13.2 Å². The van der Waals surface area contributed by atoms with Crippen molar-refractivity contribution in [1.82, 2.24) is 0 Å². The van der Waals surface area contributed by atoms with Gasteiger partial charge in [-0.15, -0.1) is 0 Å². The second-order valence-electron chi connectivity index (χ2n) is 3.74. The van der Waals surface area contributed by atoms with Crippen molar-refractivity contribution >= 4 is 5.78 Å². The molecule has 0 spiro atoms. The number of aliphatic hydroxyl groups is 2. The molecule has 0 aromatic heterocycles. The van der Waals surface area contributed by atoms with Gasteiger partial charge in [0.15, 0.2) is 5.78 Å². The summed E-state index contributed by atoms with van der Waals surface area (Å²) in [5, 5.41) is 18.1. The smallest absolute Gasteiger partial charge is 0.393 e. The number of carbonyl (C=O) groups excluding carboxylic acids is 1. The van der Waals surface area contributed by atoms with Gasteiger partial charge in [-0.25, -0.2) is 4.39 Å². The van der Waals surface area contributed by atoms with Gasteiger partial charge in [0.1, 0.15) is 5.82 Å². The molecule has 1 rings (SSSR count). The molecule has 0 saturated heterocycles. The van der Waals surface area contributed by atoms with Gasteiger partial charge < -0.3 is 10.2 Å². The molecule has 1 aromatic rings. The van der Waals surface area contributed by atoms with Gasteiger partial charge in [-0.3, -0.25) is 4.79 Å². The summed E-state index contributed by atoms with van der Waals surface area (Å²) in [6.07, 6.45) is -5.27. The van der Waals surface area contributed by atoms with Crippen LogP contribution in [0.15, 0.2) is 18.2 Å². The molecule has 0 saturated carbocycles. The summed E-state index contributed by atoms with van der Waals surface area (Å²) in [5.74, 6) is -2.27. The topological polar surface area (TPSA) is 57.5 Å². The molecule has 0 fully saturated rings. The molecule has 18 heavy (non-hydrogen) atoms. The predicted molar refractivity (Wildman–Crippen MR) is 53.4 cm³/mol. The Balaban J connectivity index is 3.50. The maximum atomic E-state index is 13.7. The number of benzene rings is 1. The molecule has 0 heterocycles. The first-order chi connectivity index (χ1) is 8.15. The van der Waals surface area contributed by atoms with E-state index in [0.29, 0.717) is 6.07 Å². The van der Waals surface area contributed by atoms with E-state index in [9.17, 15) is 27.5 Å². The van der Waals surface area contributed by atoms with Crippen molar-refractivity contribution in [3.8, 4) is 0 Å². The summed E-state index contributed by atoms with van der Waals surface area (Å²) in [6.45, 7) is -0.761. The van der Waals surface area contributed by atoms with E-state index in [0.717, 1.165) is 19.1 Å². The number of rotatable bonds is 3. The van der Waals surface area contributed by atoms with Gasteiger partial charge in [0.2, 0.25) is 5.60 Å². The van der Waals surface area contributed by atoms with Crippen LogP contribution in [0.4, 0.5) is 17.6 Å². The minimum Gasteiger partial charge on any atom is -0.393 e. The lowest BCUT2D eigenvalue weighted by Gasteiger charge is -2.29. The fraction of sp³-hybridized carbons (Fsp3) is 0.364. The molecule has 1 aromatic carbocycles. The van der Waals surface area contributed by atoms with Gasteiger partial charge in [0.25, 0.3) is 0 Å². The molecule has 2 N–H and O–H groups in total. The summed E-state index contributed by atoms with van der Waals surface area (Å²) < 4.78 is 51.7. The molecule has 0 unspecified atom stereocenters. The summed E-state index contributed by atoms with van der Waals surface area (Å²) >= 11 is 0. The Hall–Kier alpha value is -1.47. The number of ketones is 1. The number of Topliss-reactive ketones (excluding diaryl/α,β-unsaturated/α-hetero) is 1. The quantitative estimate of drug-likeness (QED) is 0.647. The average molecular weight is 266 g/mol. The monoisotopic (exact) mass is 266 g/mol. The Morgan fingerprint density at radius 2 is 1.89 bits per heavy atom. The van der Waals surface area contributed by atoms with E-state index in [-0.39, 0.29) is 0 Å². The molecule has 0 bridgehead atoms. The van der Waals surface area contributed by atoms with Gasteiger partial charge in [0, 0.05) is 5.56 Å². The zero-order chi connectivity index (χ0) is 14.1. The Labute approximate surface area is 99.7 Å². The van der Waals surface area contributed by atoms with Crippen LogP contribution in [0, 0.1) is 5.82 Å². The summed E-state index contributed by atoms with van der Waals surface area (Å²) in [7, 11) is 0. The average Bonchev–Trinajstić information content (AvgIpc) is 2.26. The number of hydrogen-bond donors (Lipinski definition) is 2. The van der Waals surface area contributed by atoms with E-state index in [2.05, 4.69) is 0 Å². The van der Waals surface area contributed by atoms with Crippen LogP contribution in [0.25, 0.3) is 0 Å². The molecule has 0 radical (unpaired) electrons. The van der Waals surface area contributed by atoms with Gasteiger partial charge >= 0.3 is 6.18 Å². The highest BCUT2D eigenvalue weighted by Crippen LogP contribution is 2.40. The predicted octanol–water partition coefficient (Wildman–Crippen LogP) is 1.77. The van der Waals surface area contributed by atoms with Gasteiger partial charge in [0.05, 0.1) is 12.2 Å². The van der Waals surface area contributed by atoms with Crippen molar-refractivity contribution in [3.05, 3.63) is 35.1 Å². The first-order valence-corrected chi connectivity index (χ1v) is 4.85. The maximum absolute atomic E-state index is 13.7. The fourth-order valence-corrected chi connectivity index (χ4v) is 1.45. The van der Waals surface area contributed by atoms with Crippen molar-refractivity contribution in [2.24, 2.45) is 0 Å². The first-order valence-electron chi connectivity index (χ1n) is 4.85. The van der Waals surface area contributed by atoms with Crippen molar-refractivity contribution in [1.29, 1.82) is 0 Å². The van der Waals surface area contributed by atoms with Crippen LogP contribution in [0.1, 0.15) is 22.8 Å². The van der Waals surface area contributed by atoms with Crippen LogP contribution >= 0.6 is 0 Å². The zero-order valence-corrected chi connectivity index (χ0v) is 9.25. The number of hydrogen-bond acceptors (Lipinski definition) is 3. The van der Waals surface area contributed by atoms with Crippen molar-refractivity contribution in [2.75, 3.05) is 6.61 Å². The normalized spacial score (nSPS) is 15.3. The molecule has 0 aliphatic rings. The third kappa shape index (κ3) is 2.23. The molecule has 0 amide bonds. The first kappa shape index (κ1) is 14.6. The Bertz CT molecular complexity index is 470. The van der Waals surface area contributed by atoms with E-state index in [1.54, 1.807) is 0 Å². The number of aliphatic hydroxyl groups excluding tert-OH is 1. The van der Waals surface area contributed by atoms with Crippen molar-refractivity contribution in [2.45, 2.75) is 18.7 Å². The highest BCUT2D eigenvalue weighted by Gasteiger charge is 2.56. The van der Waals surface area contributed by atoms with E-state index in [4.69, 9.17) is 5.11 Å². The lowest BCUT2D eigenvalue weighted by atomic mass is 9.91. The molecule has 7 heteroatoms. The van der Waals surface area contributed by atoms with Crippen LogP contribution in [-0.4, -0.2) is 28.8 Å². The third-order valence-electron chi connectivity index (χ3n) is 2.52. The zero-order valence-electron chi connectivity index (χ0n) is 9.25. The van der Waals surface area contributed by atoms with Crippen LogP contribution < -0.4 is 0 Å². The molecule has 100 valence electrons. The van der Waals surface area contributed by atoms with E-state index < -0.39 is 41.1 Å². The highest BCUT2D eigenvalue weighted by molar-refractivity contribution is 5.94. The second kappa shape index (κ2) is 4.66. The van der Waals surface area contributed by atoms with Crippen LogP contribution in [0.2, 0.25) is 0 Å². The largest absolute Gasteiger partial charge is 0.423 e. The molecular formula is C11H10F4O3.